The Morgan fingerprint density at radius 1 is 1.19 bits per heavy atom. The van der Waals surface area contributed by atoms with Crippen molar-refractivity contribution in [3.05, 3.63) is 36.4 Å². The number of hydrogen-bond acceptors (Lipinski definition) is 3. The monoisotopic (exact) mass is 360 g/mol. The molecule has 2 rings (SSSR count). The third-order valence-corrected chi connectivity index (χ3v) is 5.77. The molecule has 0 bridgehead atoms. The van der Waals surface area contributed by atoms with E-state index in [0.717, 1.165) is 23.3 Å². The topological polar surface area (TPSA) is 35.5 Å². The number of esters is 1. The standard InChI is InChI=1S/C21H32O3.C2H4/c1-10-15-18-16(23-13(2)22)11-14(19(3,4)5)12-17(18)24-21(8,9)20(15,6)7;1-2/h11-12,15H,10H2,1-9H3;1-2H2. The summed E-state index contributed by atoms with van der Waals surface area (Å²) in [5.74, 6) is 1.48. The number of hydrogen-bond donors (Lipinski definition) is 0. The fourth-order valence-corrected chi connectivity index (χ4v) is 3.60. The predicted octanol–water partition coefficient (Wildman–Crippen LogP) is 6.40. The van der Waals surface area contributed by atoms with Crippen molar-refractivity contribution in [1.82, 2.24) is 0 Å². The lowest BCUT2D eigenvalue weighted by Gasteiger charge is -2.51. The maximum absolute atomic E-state index is 11.7. The van der Waals surface area contributed by atoms with Crippen molar-refractivity contribution in [2.75, 3.05) is 0 Å². The third-order valence-electron chi connectivity index (χ3n) is 5.77. The SMILES string of the molecule is C=C.CCC1c2c(OC(C)=O)cc(C(C)(C)C)cc2OC(C)(C)C1(C)C. The zero-order chi connectivity index (χ0) is 20.5. The van der Waals surface area contributed by atoms with E-state index in [0.29, 0.717) is 5.75 Å². The first-order valence-electron chi connectivity index (χ1n) is 9.37. The second kappa shape index (κ2) is 7.46. The largest absolute Gasteiger partial charge is 0.487 e. The molecule has 1 aliphatic heterocycles. The molecule has 1 heterocycles. The van der Waals surface area contributed by atoms with E-state index >= 15 is 0 Å². The van der Waals surface area contributed by atoms with Crippen LogP contribution in [0.2, 0.25) is 0 Å². The third kappa shape index (κ3) is 3.97. The van der Waals surface area contributed by atoms with Gasteiger partial charge in [-0.1, -0.05) is 41.5 Å². The fraction of sp³-hybridized carbons (Fsp3) is 0.609. The number of benzene rings is 1. The second-order valence-corrected chi connectivity index (χ2v) is 9.02. The number of fused-ring (bicyclic) bond motifs is 1. The van der Waals surface area contributed by atoms with Crippen LogP contribution in [0.5, 0.6) is 11.5 Å². The summed E-state index contributed by atoms with van der Waals surface area (Å²) in [6.45, 7) is 24.9. The maximum atomic E-state index is 11.7. The number of rotatable bonds is 2. The highest BCUT2D eigenvalue weighted by Gasteiger charge is 2.50. The van der Waals surface area contributed by atoms with Crippen molar-refractivity contribution in [3.8, 4) is 11.5 Å². The van der Waals surface area contributed by atoms with Gasteiger partial charge in [0.05, 0.1) is 0 Å². The molecule has 0 fully saturated rings. The molecular formula is C23H36O3. The van der Waals surface area contributed by atoms with E-state index in [4.69, 9.17) is 9.47 Å². The number of ether oxygens (including phenoxy) is 2. The van der Waals surface area contributed by atoms with Crippen LogP contribution in [0.1, 0.15) is 85.8 Å². The van der Waals surface area contributed by atoms with Gasteiger partial charge in [0.25, 0.3) is 0 Å². The molecule has 0 radical (unpaired) electrons. The molecule has 1 aliphatic rings. The summed E-state index contributed by atoms with van der Waals surface area (Å²) in [7, 11) is 0. The average molecular weight is 361 g/mol. The van der Waals surface area contributed by atoms with Crippen LogP contribution in [0.4, 0.5) is 0 Å². The van der Waals surface area contributed by atoms with Crippen LogP contribution < -0.4 is 9.47 Å². The summed E-state index contributed by atoms with van der Waals surface area (Å²) >= 11 is 0. The predicted molar refractivity (Wildman–Crippen MR) is 109 cm³/mol. The first kappa shape index (κ1) is 22.3. The molecule has 26 heavy (non-hydrogen) atoms. The van der Waals surface area contributed by atoms with Gasteiger partial charge in [-0.2, -0.15) is 0 Å². The molecule has 0 aromatic heterocycles. The lowest BCUT2D eigenvalue weighted by Crippen LogP contribution is -2.51. The highest BCUT2D eigenvalue weighted by Crippen LogP contribution is 2.57. The van der Waals surface area contributed by atoms with E-state index in [2.05, 4.69) is 74.6 Å². The molecule has 0 saturated carbocycles. The summed E-state index contributed by atoms with van der Waals surface area (Å²) in [5.41, 5.74) is 1.72. The van der Waals surface area contributed by atoms with Gasteiger partial charge in [-0.15, -0.1) is 13.2 Å². The highest BCUT2D eigenvalue weighted by atomic mass is 16.5. The minimum Gasteiger partial charge on any atom is -0.487 e. The Morgan fingerprint density at radius 2 is 1.73 bits per heavy atom. The Morgan fingerprint density at radius 3 is 2.15 bits per heavy atom. The zero-order valence-electron chi connectivity index (χ0n) is 18.1. The van der Waals surface area contributed by atoms with E-state index in [9.17, 15) is 4.79 Å². The van der Waals surface area contributed by atoms with Crippen LogP contribution in [0.25, 0.3) is 0 Å². The van der Waals surface area contributed by atoms with Gasteiger partial charge in [-0.05, 0) is 49.3 Å². The summed E-state index contributed by atoms with van der Waals surface area (Å²) in [6, 6.07) is 4.14. The Labute approximate surface area is 159 Å². The Hall–Kier alpha value is -1.77. The van der Waals surface area contributed by atoms with E-state index in [1.54, 1.807) is 0 Å². The van der Waals surface area contributed by atoms with Crippen LogP contribution in [0.3, 0.4) is 0 Å². The molecule has 0 aliphatic carbocycles. The first-order chi connectivity index (χ1) is 11.8. The molecule has 3 heteroatoms. The smallest absolute Gasteiger partial charge is 0.308 e. The summed E-state index contributed by atoms with van der Waals surface area (Å²) in [4.78, 5) is 11.7. The maximum Gasteiger partial charge on any atom is 0.308 e. The van der Waals surface area contributed by atoms with Gasteiger partial charge in [0.2, 0.25) is 0 Å². The molecule has 0 saturated heterocycles. The molecule has 1 aromatic carbocycles. The molecule has 0 amide bonds. The summed E-state index contributed by atoms with van der Waals surface area (Å²) in [5, 5.41) is 0. The van der Waals surface area contributed by atoms with Gasteiger partial charge < -0.3 is 9.47 Å². The molecule has 0 N–H and O–H groups in total. The van der Waals surface area contributed by atoms with Crippen LogP contribution in [0.15, 0.2) is 25.3 Å². The molecule has 3 nitrogen and oxygen atoms in total. The summed E-state index contributed by atoms with van der Waals surface area (Å²) < 4.78 is 12.1. The van der Waals surface area contributed by atoms with Crippen LogP contribution in [-0.4, -0.2) is 11.6 Å². The van der Waals surface area contributed by atoms with Gasteiger partial charge in [-0.25, -0.2) is 0 Å². The Bertz CT molecular complexity index is 663. The van der Waals surface area contributed by atoms with Crippen molar-refractivity contribution in [3.63, 3.8) is 0 Å². The highest BCUT2D eigenvalue weighted by molar-refractivity contribution is 5.71. The van der Waals surface area contributed by atoms with Crippen molar-refractivity contribution < 1.29 is 14.3 Å². The number of carbonyl (C=O) groups excluding carboxylic acids is 1. The van der Waals surface area contributed by atoms with Crippen LogP contribution in [-0.2, 0) is 10.2 Å². The van der Waals surface area contributed by atoms with Crippen molar-refractivity contribution in [1.29, 1.82) is 0 Å². The fourth-order valence-electron chi connectivity index (χ4n) is 3.60. The molecule has 146 valence electrons. The lowest BCUT2D eigenvalue weighted by atomic mass is 9.62. The average Bonchev–Trinajstić information content (AvgIpc) is 2.49. The van der Waals surface area contributed by atoms with Gasteiger partial charge >= 0.3 is 5.97 Å². The van der Waals surface area contributed by atoms with Crippen LogP contribution >= 0.6 is 0 Å². The molecule has 1 atom stereocenters. The minimum atomic E-state index is -0.301. The normalized spacial score (nSPS) is 20.1. The molecular weight excluding hydrogens is 324 g/mol. The molecule has 0 spiro atoms. The number of carbonyl (C=O) groups is 1. The van der Waals surface area contributed by atoms with E-state index < -0.39 is 0 Å². The Kier molecular flexibility index (Phi) is 6.39. The molecule has 1 aromatic rings. The van der Waals surface area contributed by atoms with Gasteiger partial charge in [0, 0.05) is 17.9 Å². The Balaban J connectivity index is 0.00000163. The van der Waals surface area contributed by atoms with Gasteiger partial charge in [0.15, 0.2) is 0 Å². The molecule has 1 unspecified atom stereocenters. The van der Waals surface area contributed by atoms with Gasteiger partial charge in [0.1, 0.15) is 17.1 Å². The second-order valence-electron chi connectivity index (χ2n) is 9.02. The van der Waals surface area contributed by atoms with Crippen LogP contribution in [0, 0.1) is 5.41 Å². The quantitative estimate of drug-likeness (QED) is 0.347. The van der Waals surface area contributed by atoms with E-state index in [1.165, 1.54) is 6.92 Å². The first-order valence-corrected chi connectivity index (χ1v) is 9.37. The van der Waals surface area contributed by atoms with E-state index in [-0.39, 0.29) is 28.3 Å². The van der Waals surface area contributed by atoms with Gasteiger partial charge in [-0.3, -0.25) is 4.79 Å². The lowest BCUT2D eigenvalue weighted by molar-refractivity contribution is -0.132. The zero-order valence-corrected chi connectivity index (χ0v) is 18.1. The summed E-state index contributed by atoms with van der Waals surface area (Å²) in [6.07, 6.45) is 0.968. The van der Waals surface area contributed by atoms with Crippen molar-refractivity contribution in [2.24, 2.45) is 5.41 Å². The van der Waals surface area contributed by atoms with E-state index in [1.807, 2.05) is 6.07 Å². The van der Waals surface area contributed by atoms with Crippen molar-refractivity contribution in [2.45, 2.75) is 85.7 Å². The minimum absolute atomic E-state index is 0.0495. The van der Waals surface area contributed by atoms with Crippen molar-refractivity contribution >= 4 is 5.97 Å².